The maximum absolute atomic E-state index is 12.2. The first-order valence-corrected chi connectivity index (χ1v) is 7.48. The molecular formula is C17H17ClN2O4. The zero-order chi connectivity index (χ0) is 17.7. The third kappa shape index (κ3) is 4.24. The Kier molecular flexibility index (Phi) is 5.78. The van der Waals surface area contributed by atoms with E-state index in [2.05, 4.69) is 5.48 Å². The fourth-order valence-electron chi connectivity index (χ4n) is 1.92. The van der Waals surface area contributed by atoms with E-state index in [-0.39, 0.29) is 28.8 Å². The van der Waals surface area contributed by atoms with Crippen LogP contribution in [0.5, 0.6) is 5.75 Å². The lowest BCUT2D eigenvalue weighted by Gasteiger charge is -2.12. The van der Waals surface area contributed by atoms with Crippen molar-refractivity contribution in [3.63, 3.8) is 0 Å². The van der Waals surface area contributed by atoms with Crippen LogP contribution in [-0.2, 0) is 9.63 Å². The zero-order valence-corrected chi connectivity index (χ0v) is 14.0. The summed E-state index contributed by atoms with van der Waals surface area (Å²) in [5.41, 5.74) is 3.60. The summed E-state index contributed by atoms with van der Waals surface area (Å²) >= 11 is 6.01. The van der Waals surface area contributed by atoms with Gasteiger partial charge < -0.3 is 10.0 Å². The van der Waals surface area contributed by atoms with Gasteiger partial charge in [-0.1, -0.05) is 41.9 Å². The van der Waals surface area contributed by atoms with Crippen molar-refractivity contribution in [2.24, 2.45) is 0 Å². The van der Waals surface area contributed by atoms with Crippen molar-refractivity contribution in [2.75, 3.05) is 20.7 Å². The maximum Gasteiger partial charge on any atom is 0.278 e. The normalized spacial score (nSPS) is 10.3. The van der Waals surface area contributed by atoms with Gasteiger partial charge in [-0.2, -0.15) is 0 Å². The highest BCUT2D eigenvalue weighted by Crippen LogP contribution is 2.33. The zero-order valence-electron chi connectivity index (χ0n) is 13.2. The van der Waals surface area contributed by atoms with Gasteiger partial charge in [0.15, 0.2) is 6.61 Å². The molecule has 126 valence electrons. The van der Waals surface area contributed by atoms with Gasteiger partial charge in [0.05, 0.1) is 10.6 Å². The number of nitrogens with zero attached hydrogens (tertiary/aromatic N) is 1. The predicted molar refractivity (Wildman–Crippen MR) is 90.7 cm³/mol. The van der Waals surface area contributed by atoms with Crippen LogP contribution >= 0.6 is 11.6 Å². The molecule has 0 aromatic heterocycles. The van der Waals surface area contributed by atoms with Gasteiger partial charge in [0, 0.05) is 14.1 Å². The lowest BCUT2D eigenvalue weighted by atomic mass is 10.0. The van der Waals surface area contributed by atoms with Crippen molar-refractivity contribution in [1.29, 1.82) is 0 Å². The molecule has 2 aromatic rings. The number of benzene rings is 2. The summed E-state index contributed by atoms with van der Waals surface area (Å²) in [6, 6.07) is 12.4. The van der Waals surface area contributed by atoms with E-state index >= 15 is 0 Å². The standard InChI is InChI=1S/C17H17ClN2O4/c1-20(2)15(21)10-24-19-17(23)13-8-12(9-14(18)16(13)22)11-6-4-3-5-7-11/h3-9,22H,10H2,1-2H3,(H,19,23). The second-order valence-corrected chi connectivity index (χ2v) is 5.64. The molecule has 0 fully saturated rings. The Balaban J connectivity index is 2.18. The molecule has 7 heteroatoms. The van der Waals surface area contributed by atoms with Crippen LogP contribution in [0.25, 0.3) is 11.1 Å². The summed E-state index contributed by atoms with van der Waals surface area (Å²) in [5.74, 6) is -1.36. The Hall–Kier alpha value is -2.57. The van der Waals surface area contributed by atoms with Gasteiger partial charge in [-0.15, -0.1) is 0 Å². The predicted octanol–water partition coefficient (Wildman–Crippen LogP) is 2.46. The number of phenolic OH excluding ortho intramolecular Hbond substituents is 1. The van der Waals surface area contributed by atoms with E-state index in [1.165, 1.54) is 11.0 Å². The summed E-state index contributed by atoms with van der Waals surface area (Å²) in [4.78, 5) is 29.8. The van der Waals surface area contributed by atoms with Crippen molar-refractivity contribution in [2.45, 2.75) is 0 Å². The summed E-state index contributed by atoms with van der Waals surface area (Å²) in [6.45, 7) is -0.314. The second kappa shape index (κ2) is 7.81. The molecule has 0 aliphatic rings. The number of phenols is 1. The minimum atomic E-state index is -0.696. The largest absolute Gasteiger partial charge is 0.506 e. The van der Waals surface area contributed by atoms with Gasteiger partial charge in [0.25, 0.3) is 11.8 Å². The summed E-state index contributed by atoms with van der Waals surface area (Å²) < 4.78 is 0. The Morgan fingerprint density at radius 1 is 1.17 bits per heavy atom. The van der Waals surface area contributed by atoms with Gasteiger partial charge in [0.2, 0.25) is 0 Å². The van der Waals surface area contributed by atoms with Gasteiger partial charge in [-0.05, 0) is 23.3 Å². The van der Waals surface area contributed by atoms with Gasteiger partial charge in [0.1, 0.15) is 5.75 Å². The number of hydroxylamine groups is 1. The number of carbonyl (C=O) groups excluding carboxylic acids is 2. The quantitative estimate of drug-likeness (QED) is 0.813. The molecule has 0 spiro atoms. The highest BCUT2D eigenvalue weighted by molar-refractivity contribution is 6.33. The minimum absolute atomic E-state index is 0.0429. The first kappa shape index (κ1) is 17.8. The summed E-state index contributed by atoms with van der Waals surface area (Å²) in [6.07, 6.45) is 0. The Labute approximate surface area is 144 Å². The molecule has 0 radical (unpaired) electrons. The molecule has 0 aliphatic heterocycles. The number of carbonyl (C=O) groups is 2. The van der Waals surface area contributed by atoms with Crippen molar-refractivity contribution in [3.8, 4) is 16.9 Å². The number of aromatic hydroxyl groups is 1. The molecule has 0 aliphatic carbocycles. The smallest absolute Gasteiger partial charge is 0.278 e. The molecular weight excluding hydrogens is 332 g/mol. The van der Waals surface area contributed by atoms with E-state index in [0.717, 1.165) is 5.56 Å². The topological polar surface area (TPSA) is 78.9 Å². The summed E-state index contributed by atoms with van der Waals surface area (Å²) in [5, 5.41) is 10.1. The third-order valence-corrected chi connectivity index (χ3v) is 3.56. The Morgan fingerprint density at radius 2 is 1.83 bits per heavy atom. The van der Waals surface area contributed by atoms with Gasteiger partial charge >= 0.3 is 0 Å². The summed E-state index contributed by atoms with van der Waals surface area (Å²) in [7, 11) is 3.14. The molecule has 2 rings (SSSR count). The fraction of sp³-hybridized carbons (Fsp3) is 0.176. The number of likely N-dealkylation sites (N-methyl/N-ethyl adjacent to an activating group) is 1. The maximum atomic E-state index is 12.2. The van der Waals surface area contributed by atoms with Gasteiger partial charge in [-0.25, -0.2) is 5.48 Å². The van der Waals surface area contributed by atoms with Gasteiger partial charge in [-0.3, -0.25) is 14.4 Å². The molecule has 2 aromatic carbocycles. The number of hydrogen-bond donors (Lipinski definition) is 2. The lowest BCUT2D eigenvalue weighted by Crippen LogP contribution is -2.32. The molecule has 0 saturated heterocycles. The number of hydrogen-bond acceptors (Lipinski definition) is 4. The number of halogens is 1. The van der Waals surface area contributed by atoms with E-state index < -0.39 is 5.91 Å². The van der Waals surface area contributed by atoms with Crippen LogP contribution in [0.3, 0.4) is 0 Å². The Bertz CT molecular complexity index is 748. The highest BCUT2D eigenvalue weighted by atomic mass is 35.5. The van der Waals surface area contributed by atoms with Crippen LogP contribution in [-0.4, -0.2) is 42.5 Å². The number of nitrogens with one attached hydrogen (secondary N) is 1. The van der Waals surface area contributed by atoms with E-state index in [4.69, 9.17) is 16.4 Å². The first-order valence-electron chi connectivity index (χ1n) is 7.10. The highest BCUT2D eigenvalue weighted by Gasteiger charge is 2.17. The van der Waals surface area contributed by atoms with E-state index in [1.807, 2.05) is 30.3 Å². The van der Waals surface area contributed by atoms with Crippen LogP contribution in [0, 0.1) is 0 Å². The van der Waals surface area contributed by atoms with Crippen molar-refractivity contribution in [1.82, 2.24) is 10.4 Å². The third-order valence-electron chi connectivity index (χ3n) is 3.27. The van der Waals surface area contributed by atoms with Crippen LogP contribution in [0.2, 0.25) is 5.02 Å². The van der Waals surface area contributed by atoms with E-state index in [0.29, 0.717) is 5.56 Å². The van der Waals surface area contributed by atoms with Crippen LogP contribution < -0.4 is 5.48 Å². The van der Waals surface area contributed by atoms with E-state index in [9.17, 15) is 14.7 Å². The number of amides is 2. The second-order valence-electron chi connectivity index (χ2n) is 5.23. The first-order chi connectivity index (χ1) is 11.4. The van der Waals surface area contributed by atoms with Crippen molar-refractivity contribution in [3.05, 3.63) is 53.1 Å². The van der Waals surface area contributed by atoms with E-state index in [1.54, 1.807) is 20.2 Å². The molecule has 2 amide bonds. The molecule has 0 saturated carbocycles. The van der Waals surface area contributed by atoms with Crippen molar-refractivity contribution >= 4 is 23.4 Å². The average Bonchev–Trinajstić information content (AvgIpc) is 2.57. The SMILES string of the molecule is CN(C)C(=O)CONC(=O)c1cc(-c2ccccc2)cc(Cl)c1O. The monoisotopic (exact) mass is 348 g/mol. The molecule has 24 heavy (non-hydrogen) atoms. The molecule has 0 heterocycles. The van der Waals surface area contributed by atoms with Crippen LogP contribution in [0.1, 0.15) is 10.4 Å². The number of rotatable bonds is 5. The Morgan fingerprint density at radius 3 is 2.46 bits per heavy atom. The van der Waals surface area contributed by atoms with Crippen molar-refractivity contribution < 1.29 is 19.5 Å². The lowest BCUT2D eigenvalue weighted by molar-refractivity contribution is -0.135. The van der Waals surface area contributed by atoms with Crippen LogP contribution in [0.15, 0.2) is 42.5 Å². The van der Waals surface area contributed by atoms with Crippen LogP contribution in [0.4, 0.5) is 0 Å². The molecule has 6 nitrogen and oxygen atoms in total. The molecule has 0 atom stereocenters. The minimum Gasteiger partial charge on any atom is -0.506 e. The fourth-order valence-corrected chi connectivity index (χ4v) is 2.14. The average molecular weight is 349 g/mol. The molecule has 0 bridgehead atoms. The molecule has 2 N–H and O–H groups in total. The molecule has 0 unspecified atom stereocenters.